The lowest BCUT2D eigenvalue weighted by atomic mass is 10.2. The van der Waals surface area contributed by atoms with Gasteiger partial charge in [0.05, 0.1) is 11.1 Å². The zero-order valence-corrected chi connectivity index (χ0v) is 11.0. The molecule has 1 aromatic heterocycles. The second-order valence-corrected chi connectivity index (χ2v) is 5.78. The highest BCUT2D eigenvalue weighted by Gasteiger charge is 2.18. The van der Waals surface area contributed by atoms with Crippen molar-refractivity contribution in [2.75, 3.05) is 5.73 Å². The fraction of sp³-hybridized carbons (Fsp3) is 0.182. The maximum absolute atomic E-state index is 13.1. The molecule has 4 N–H and O–H groups in total. The van der Waals surface area contributed by atoms with E-state index in [-0.39, 0.29) is 11.4 Å². The summed E-state index contributed by atoms with van der Waals surface area (Å²) in [7, 11) is -3.79. The highest BCUT2D eigenvalue weighted by Crippen LogP contribution is 2.17. The van der Waals surface area contributed by atoms with Gasteiger partial charge in [-0.25, -0.2) is 17.5 Å². The van der Waals surface area contributed by atoms with Gasteiger partial charge >= 0.3 is 0 Å². The molecule has 0 spiro atoms. The Morgan fingerprint density at radius 1 is 1.47 bits per heavy atom. The highest BCUT2D eigenvalue weighted by molar-refractivity contribution is 7.89. The average Bonchev–Trinajstić information content (AvgIpc) is 2.75. The minimum absolute atomic E-state index is 0.0133. The summed E-state index contributed by atoms with van der Waals surface area (Å²) in [6.07, 6.45) is 1.43. The van der Waals surface area contributed by atoms with E-state index in [0.717, 1.165) is 6.07 Å². The molecule has 0 atom stereocenters. The van der Waals surface area contributed by atoms with Crippen molar-refractivity contribution in [1.82, 2.24) is 14.9 Å². The van der Waals surface area contributed by atoms with Gasteiger partial charge in [0, 0.05) is 12.1 Å². The van der Waals surface area contributed by atoms with Crippen LogP contribution in [0.4, 0.5) is 10.2 Å². The minimum atomic E-state index is -3.79. The summed E-state index contributed by atoms with van der Waals surface area (Å²) in [5.41, 5.74) is 6.54. The van der Waals surface area contributed by atoms with E-state index in [2.05, 4.69) is 14.9 Å². The molecule has 6 nitrogen and oxygen atoms in total. The number of aromatic nitrogens is 2. The van der Waals surface area contributed by atoms with Crippen LogP contribution in [0.3, 0.4) is 0 Å². The van der Waals surface area contributed by atoms with Crippen molar-refractivity contribution in [3.63, 3.8) is 0 Å². The van der Waals surface area contributed by atoms with Crippen LogP contribution in [0, 0.1) is 12.7 Å². The number of sulfonamides is 1. The fourth-order valence-corrected chi connectivity index (χ4v) is 2.84. The Morgan fingerprint density at radius 3 is 2.84 bits per heavy atom. The normalized spacial score (nSPS) is 11.7. The van der Waals surface area contributed by atoms with Crippen LogP contribution in [0.15, 0.2) is 29.3 Å². The van der Waals surface area contributed by atoms with Crippen molar-refractivity contribution in [2.45, 2.75) is 18.4 Å². The second kappa shape index (κ2) is 4.98. The standard InChI is InChI=1S/C11H13FN4O2S/c1-7-2-3-9(12)4-10(7)19(17,18)15-6-8-5-14-16-11(8)13/h2-5,15H,6H2,1H3,(H3,13,14,16). The van der Waals surface area contributed by atoms with E-state index < -0.39 is 15.8 Å². The molecule has 0 unspecified atom stereocenters. The smallest absolute Gasteiger partial charge is 0.241 e. The van der Waals surface area contributed by atoms with E-state index in [1.54, 1.807) is 6.92 Å². The van der Waals surface area contributed by atoms with E-state index in [1.807, 2.05) is 0 Å². The number of H-pyrrole nitrogens is 1. The summed E-state index contributed by atoms with van der Waals surface area (Å²) < 4.78 is 39.6. The van der Waals surface area contributed by atoms with Crippen molar-refractivity contribution in [1.29, 1.82) is 0 Å². The maximum Gasteiger partial charge on any atom is 0.241 e. The SMILES string of the molecule is Cc1ccc(F)cc1S(=O)(=O)NCc1cn[nH]c1N. The van der Waals surface area contributed by atoms with Gasteiger partial charge in [-0.2, -0.15) is 5.10 Å². The molecule has 0 saturated carbocycles. The van der Waals surface area contributed by atoms with E-state index >= 15 is 0 Å². The average molecular weight is 284 g/mol. The minimum Gasteiger partial charge on any atom is -0.384 e. The first-order chi connectivity index (χ1) is 8.90. The Morgan fingerprint density at radius 2 is 2.21 bits per heavy atom. The van der Waals surface area contributed by atoms with Crippen LogP contribution in [-0.4, -0.2) is 18.6 Å². The summed E-state index contributed by atoms with van der Waals surface area (Å²) >= 11 is 0. The Kier molecular flexibility index (Phi) is 3.54. The number of hydrogen-bond acceptors (Lipinski definition) is 4. The molecule has 0 amide bonds. The molecule has 19 heavy (non-hydrogen) atoms. The van der Waals surface area contributed by atoms with Crippen molar-refractivity contribution in [2.24, 2.45) is 0 Å². The molecule has 0 fully saturated rings. The van der Waals surface area contributed by atoms with Crippen molar-refractivity contribution in [3.05, 3.63) is 41.3 Å². The number of nitrogens with zero attached hydrogens (tertiary/aromatic N) is 1. The third kappa shape index (κ3) is 2.91. The Labute approximate surface area is 109 Å². The highest BCUT2D eigenvalue weighted by atomic mass is 32.2. The Hall–Kier alpha value is -1.93. The van der Waals surface area contributed by atoms with Crippen LogP contribution >= 0.6 is 0 Å². The lowest BCUT2D eigenvalue weighted by Gasteiger charge is -2.09. The van der Waals surface area contributed by atoms with Gasteiger partial charge < -0.3 is 5.73 Å². The fourth-order valence-electron chi connectivity index (χ4n) is 1.58. The van der Waals surface area contributed by atoms with Crippen molar-refractivity contribution in [3.8, 4) is 0 Å². The second-order valence-electron chi connectivity index (χ2n) is 4.04. The Bertz CT molecular complexity index is 696. The number of aryl methyl sites for hydroxylation is 1. The number of hydrogen-bond donors (Lipinski definition) is 3. The number of nitrogens with two attached hydrogens (primary N) is 1. The van der Waals surface area contributed by atoms with Gasteiger partial charge in [0.2, 0.25) is 10.0 Å². The van der Waals surface area contributed by atoms with Gasteiger partial charge in [-0.15, -0.1) is 0 Å². The number of halogens is 1. The topological polar surface area (TPSA) is 101 Å². The van der Waals surface area contributed by atoms with Crippen LogP contribution in [0.25, 0.3) is 0 Å². The van der Waals surface area contributed by atoms with Crippen molar-refractivity contribution < 1.29 is 12.8 Å². The maximum atomic E-state index is 13.1. The van der Waals surface area contributed by atoms with E-state index in [1.165, 1.54) is 18.3 Å². The van der Waals surface area contributed by atoms with Gasteiger partial charge in [-0.3, -0.25) is 5.10 Å². The van der Waals surface area contributed by atoms with Gasteiger partial charge in [0.15, 0.2) is 0 Å². The summed E-state index contributed by atoms with van der Waals surface area (Å²) in [5, 5.41) is 6.18. The van der Waals surface area contributed by atoms with Crippen LogP contribution in [0.5, 0.6) is 0 Å². The Balaban J connectivity index is 2.23. The lowest BCUT2D eigenvalue weighted by molar-refractivity contribution is 0.576. The number of anilines is 1. The first kappa shape index (κ1) is 13.5. The first-order valence-electron chi connectivity index (χ1n) is 5.43. The molecule has 2 rings (SSSR count). The zero-order chi connectivity index (χ0) is 14.0. The number of aromatic amines is 1. The van der Waals surface area contributed by atoms with E-state index in [0.29, 0.717) is 16.9 Å². The molecule has 0 aliphatic heterocycles. The van der Waals surface area contributed by atoms with E-state index in [9.17, 15) is 12.8 Å². The molecule has 102 valence electrons. The van der Waals surface area contributed by atoms with Crippen LogP contribution in [-0.2, 0) is 16.6 Å². The molecular formula is C11H13FN4O2S. The first-order valence-corrected chi connectivity index (χ1v) is 6.92. The largest absolute Gasteiger partial charge is 0.384 e. The third-order valence-corrected chi connectivity index (χ3v) is 4.19. The molecule has 0 aliphatic rings. The van der Waals surface area contributed by atoms with Gasteiger partial charge in [-0.05, 0) is 24.6 Å². The monoisotopic (exact) mass is 284 g/mol. The molecule has 0 radical (unpaired) electrons. The molecule has 1 aromatic carbocycles. The van der Waals surface area contributed by atoms with Crippen LogP contribution in [0.1, 0.15) is 11.1 Å². The molecule has 0 bridgehead atoms. The lowest BCUT2D eigenvalue weighted by Crippen LogP contribution is -2.24. The molecule has 2 aromatic rings. The number of benzene rings is 1. The van der Waals surface area contributed by atoms with Crippen LogP contribution in [0.2, 0.25) is 0 Å². The van der Waals surface area contributed by atoms with Gasteiger partial charge in [0.25, 0.3) is 0 Å². The zero-order valence-electron chi connectivity index (χ0n) is 10.1. The summed E-state index contributed by atoms with van der Waals surface area (Å²) in [6, 6.07) is 3.61. The molecule has 8 heteroatoms. The molecule has 0 saturated heterocycles. The predicted molar refractivity (Wildman–Crippen MR) is 68.2 cm³/mol. The molecule has 0 aliphatic carbocycles. The number of nitrogens with one attached hydrogen (secondary N) is 2. The number of rotatable bonds is 4. The predicted octanol–water partition coefficient (Wildman–Crippen LogP) is 0.918. The van der Waals surface area contributed by atoms with E-state index in [4.69, 9.17) is 5.73 Å². The quantitative estimate of drug-likeness (QED) is 0.777. The summed E-state index contributed by atoms with van der Waals surface area (Å²) in [4.78, 5) is -0.0884. The molecule has 1 heterocycles. The molecular weight excluding hydrogens is 271 g/mol. The summed E-state index contributed by atoms with van der Waals surface area (Å²) in [6.45, 7) is 1.58. The van der Waals surface area contributed by atoms with Crippen molar-refractivity contribution >= 4 is 15.8 Å². The third-order valence-electron chi connectivity index (χ3n) is 2.64. The van der Waals surface area contributed by atoms with Gasteiger partial charge in [0.1, 0.15) is 11.6 Å². The summed E-state index contributed by atoms with van der Waals surface area (Å²) in [5.74, 6) is -0.313. The van der Waals surface area contributed by atoms with Gasteiger partial charge in [-0.1, -0.05) is 6.07 Å². The number of nitrogen functional groups attached to an aromatic ring is 1. The van der Waals surface area contributed by atoms with Crippen LogP contribution < -0.4 is 10.5 Å².